The lowest BCUT2D eigenvalue weighted by Crippen LogP contribution is -2.09. The van der Waals surface area contributed by atoms with Gasteiger partial charge in [-0.05, 0) is 69.4 Å². The highest BCUT2D eigenvalue weighted by molar-refractivity contribution is 5.98. The molecule has 1 aliphatic rings. The Balaban J connectivity index is 1.59. The van der Waals surface area contributed by atoms with E-state index in [4.69, 9.17) is 9.15 Å². The average molecular weight is 416 g/mol. The Bertz CT molecular complexity index is 1330. The molecule has 3 aromatic rings. The van der Waals surface area contributed by atoms with Crippen molar-refractivity contribution in [2.24, 2.45) is 0 Å². The summed E-state index contributed by atoms with van der Waals surface area (Å²) in [6.07, 6.45) is 3.89. The minimum absolute atomic E-state index is 0.0738. The minimum Gasteiger partial charge on any atom is -0.457 e. The SMILES string of the molecule is Cc1ccc2c(COC(=O)/C(C#N)=C/c3cc(C)n(C4CC4)c3C)cc(=O)oc2c1C. The molecular formula is C25H24N2O4. The molecule has 2 heterocycles. The molecule has 1 aliphatic carbocycles. The molecule has 0 saturated heterocycles. The van der Waals surface area contributed by atoms with Crippen LogP contribution < -0.4 is 5.63 Å². The third-order valence-corrected chi connectivity index (χ3v) is 5.95. The van der Waals surface area contributed by atoms with Gasteiger partial charge in [0.25, 0.3) is 0 Å². The Hall–Kier alpha value is -3.59. The fraction of sp³-hybridized carbons (Fsp3) is 0.320. The second-order valence-electron chi connectivity index (χ2n) is 8.15. The van der Waals surface area contributed by atoms with Gasteiger partial charge in [0, 0.05) is 34.4 Å². The van der Waals surface area contributed by atoms with Crippen LogP contribution in [0.15, 0.2) is 39.1 Å². The lowest BCUT2D eigenvalue weighted by molar-refractivity contribution is -0.139. The van der Waals surface area contributed by atoms with E-state index in [0.29, 0.717) is 22.6 Å². The van der Waals surface area contributed by atoms with E-state index in [1.165, 1.54) is 6.07 Å². The number of fused-ring (bicyclic) bond motifs is 1. The number of aryl methyl sites for hydroxylation is 3. The van der Waals surface area contributed by atoms with Crippen molar-refractivity contribution in [2.75, 3.05) is 0 Å². The van der Waals surface area contributed by atoms with E-state index < -0.39 is 11.6 Å². The van der Waals surface area contributed by atoms with Crippen LogP contribution in [-0.4, -0.2) is 10.5 Å². The third kappa shape index (κ3) is 3.91. The summed E-state index contributed by atoms with van der Waals surface area (Å²) in [5, 5.41) is 10.2. The van der Waals surface area contributed by atoms with Crippen molar-refractivity contribution in [2.45, 2.75) is 53.2 Å². The second-order valence-corrected chi connectivity index (χ2v) is 8.15. The van der Waals surface area contributed by atoms with Gasteiger partial charge in [-0.3, -0.25) is 0 Å². The largest absolute Gasteiger partial charge is 0.457 e. The molecule has 0 spiro atoms. The number of ether oxygens (including phenoxy) is 1. The molecule has 2 aromatic heterocycles. The molecule has 1 saturated carbocycles. The number of nitriles is 1. The molecule has 0 atom stereocenters. The first-order valence-electron chi connectivity index (χ1n) is 10.3. The second kappa shape index (κ2) is 7.92. The first kappa shape index (κ1) is 20.7. The molecule has 0 N–H and O–H groups in total. The van der Waals surface area contributed by atoms with Crippen LogP contribution >= 0.6 is 0 Å². The summed E-state index contributed by atoms with van der Waals surface area (Å²) in [6.45, 7) is 7.72. The van der Waals surface area contributed by atoms with E-state index in [0.717, 1.165) is 40.9 Å². The standard InChI is InChI=1S/C25H24N2O4/c1-14-5-8-22-20(11-23(28)31-24(22)16(14)3)13-30-25(29)19(12-26)10-18-9-15(2)27(17(18)4)21-6-7-21/h5,8-11,21H,6-7,13H2,1-4H3/b19-10+. The summed E-state index contributed by atoms with van der Waals surface area (Å²) in [4.78, 5) is 24.6. The van der Waals surface area contributed by atoms with Gasteiger partial charge in [0.05, 0.1) is 0 Å². The van der Waals surface area contributed by atoms with E-state index in [2.05, 4.69) is 4.57 Å². The van der Waals surface area contributed by atoms with Crippen molar-refractivity contribution in [3.63, 3.8) is 0 Å². The number of rotatable bonds is 5. The highest BCUT2D eigenvalue weighted by Gasteiger charge is 2.27. The van der Waals surface area contributed by atoms with Crippen LogP contribution in [0.5, 0.6) is 0 Å². The van der Waals surface area contributed by atoms with Crippen molar-refractivity contribution in [3.8, 4) is 6.07 Å². The van der Waals surface area contributed by atoms with E-state index in [1.54, 1.807) is 6.08 Å². The van der Waals surface area contributed by atoms with Crippen LogP contribution in [0.1, 0.15) is 52.5 Å². The van der Waals surface area contributed by atoms with Crippen LogP contribution in [0.4, 0.5) is 0 Å². The van der Waals surface area contributed by atoms with Gasteiger partial charge in [-0.1, -0.05) is 12.1 Å². The Morgan fingerprint density at radius 1 is 1.26 bits per heavy atom. The fourth-order valence-electron chi connectivity index (χ4n) is 4.00. The Labute approximate surface area is 180 Å². The predicted octanol–water partition coefficient (Wildman–Crippen LogP) is 4.81. The number of benzene rings is 1. The quantitative estimate of drug-likeness (QED) is 0.258. The zero-order valence-electron chi connectivity index (χ0n) is 18.1. The molecule has 31 heavy (non-hydrogen) atoms. The van der Waals surface area contributed by atoms with Gasteiger partial charge >= 0.3 is 11.6 Å². The lowest BCUT2D eigenvalue weighted by Gasteiger charge is -2.09. The molecule has 1 fully saturated rings. The zero-order chi connectivity index (χ0) is 22.3. The van der Waals surface area contributed by atoms with Gasteiger partial charge in [-0.25, -0.2) is 9.59 Å². The first-order valence-corrected chi connectivity index (χ1v) is 10.3. The summed E-state index contributed by atoms with van der Waals surface area (Å²) in [7, 11) is 0. The number of nitrogens with zero attached hydrogens (tertiary/aromatic N) is 2. The maximum Gasteiger partial charge on any atom is 0.349 e. The third-order valence-electron chi connectivity index (χ3n) is 5.95. The number of carbonyl (C=O) groups is 1. The highest BCUT2D eigenvalue weighted by atomic mass is 16.5. The molecule has 0 radical (unpaired) electrons. The van der Waals surface area contributed by atoms with Crippen LogP contribution in [0.3, 0.4) is 0 Å². The maximum absolute atomic E-state index is 12.6. The van der Waals surface area contributed by atoms with Gasteiger partial charge in [-0.15, -0.1) is 0 Å². The van der Waals surface area contributed by atoms with E-state index in [1.807, 2.05) is 52.0 Å². The van der Waals surface area contributed by atoms with Crippen molar-refractivity contribution < 1.29 is 13.9 Å². The number of esters is 1. The van der Waals surface area contributed by atoms with Crippen LogP contribution in [-0.2, 0) is 16.1 Å². The Morgan fingerprint density at radius 3 is 2.68 bits per heavy atom. The van der Waals surface area contributed by atoms with Crippen molar-refractivity contribution in [1.29, 1.82) is 5.26 Å². The molecule has 0 unspecified atom stereocenters. The van der Waals surface area contributed by atoms with Gasteiger partial charge in [-0.2, -0.15) is 5.26 Å². The molecule has 6 nitrogen and oxygen atoms in total. The van der Waals surface area contributed by atoms with Gasteiger partial charge in [0.15, 0.2) is 0 Å². The molecule has 4 rings (SSSR count). The molecule has 0 amide bonds. The molecule has 0 bridgehead atoms. The van der Waals surface area contributed by atoms with Gasteiger partial charge in [0.2, 0.25) is 0 Å². The molecule has 1 aromatic carbocycles. The van der Waals surface area contributed by atoms with Gasteiger partial charge < -0.3 is 13.7 Å². The van der Waals surface area contributed by atoms with E-state index in [-0.39, 0.29) is 12.2 Å². The smallest absolute Gasteiger partial charge is 0.349 e. The van der Waals surface area contributed by atoms with Crippen LogP contribution in [0.25, 0.3) is 17.0 Å². The Kier molecular flexibility index (Phi) is 5.28. The summed E-state index contributed by atoms with van der Waals surface area (Å²) in [5.41, 5.74) is 5.33. The molecular weight excluding hydrogens is 392 g/mol. The molecule has 0 aliphatic heterocycles. The number of aromatic nitrogens is 1. The van der Waals surface area contributed by atoms with Crippen molar-refractivity contribution in [1.82, 2.24) is 4.57 Å². The lowest BCUT2D eigenvalue weighted by atomic mass is 10.0. The molecule has 158 valence electrons. The van der Waals surface area contributed by atoms with Gasteiger partial charge in [0.1, 0.15) is 23.8 Å². The van der Waals surface area contributed by atoms with Crippen molar-refractivity contribution in [3.05, 3.63) is 73.9 Å². The predicted molar refractivity (Wildman–Crippen MR) is 118 cm³/mol. The van der Waals surface area contributed by atoms with Crippen LogP contribution in [0, 0.1) is 39.0 Å². The topological polar surface area (TPSA) is 85.2 Å². The fourth-order valence-corrected chi connectivity index (χ4v) is 4.00. The van der Waals surface area contributed by atoms with E-state index in [9.17, 15) is 14.9 Å². The number of hydrogen-bond donors (Lipinski definition) is 0. The zero-order valence-corrected chi connectivity index (χ0v) is 18.1. The van der Waals surface area contributed by atoms with E-state index >= 15 is 0 Å². The van der Waals surface area contributed by atoms with Crippen LogP contribution in [0.2, 0.25) is 0 Å². The summed E-state index contributed by atoms with van der Waals surface area (Å²) >= 11 is 0. The first-order chi connectivity index (χ1) is 14.8. The summed E-state index contributed by atoms with van der Waals surface area (Å²) in [5.74, 6) is -0.719. The summed E-state index contributed by atoms with van der Waals surface area (Å²) in [6, 6.07) is 9.55. The average Bonchev–Trinajstić information content (AvgIpc) is 3.52. The maximum atomic E-state index is 12.6. The monoisotopic (exact) mass is 416 g/mol. The van der Waals surface area contributed by atoms with Crippen molar-refractivity contribution >= 4 is 23.0 Å². The number of hydrogen-bond acceptors (Lipinski definition) is 5. The minimum atomic E-state index is -0.719. The summed E-state index contributed by atoms with van der Waals surface area (Å²) < 4.78 is 13.0. The highest BCUT2D eigenvalue weighted by Crippen LogP contribution is 2.38. The normalized spacial score (nSPS) is 14.0. The molecule has 6 heteroatoms. The number of carbonyl (C=O) groups excluding carboxylic acids is 1. The Morgan fingerprint density at radius 2 is 2.00 bits per heavy atom.